The molecule has 0 N–H and O–H groups in total. The minimum atomic E-state index is -0.264. The molecule has 1 fully saturated rings. The number of nitrogens with zero attached hydrogens (tertiary/aromatic N) is 5. The highest BCUT2D eigenvalue weighted by Gasteiger charge is 2.16. The number of halogens is 1. The molecule has 7 heteroatoms. The van der Waals surface area contributed by atoms with Crippen LogP contribution >= 0.6 is 11.6 Å². The van der Waals surface area contributed by atoms with Crippen molar-refractivity contribution in [2.75, 3.05) is 13.1 Å². The molecule has 3 rings (SSSR count). The molecule has 2 heterocycles. The van der Waals surface area contributed by atoms with Gasteiger partial charge in [-0.3, -0.25) is 4.90 Å². The van der Waals surface area contributed by atoms with E-state index in [-0.39, 0.29) is 5.69 Å². The number of hydrogen-bond acceptors (Lipinski definition) is 4. The van der Waals surface area contributed by atoms with Gasteiger partial charge in [0.05, 0.1) is 10.7 Å². The van der Waals surface area contributed by atoms with E-state index in [4.69, 9.17) is 11.6 Å². The molecule has 100 valence electrons. The lowest BCUT2D eigenvalue weighted by atomic mass is 10.3. The molecule has 6 nitrogen and oxygen atoms in total. The van der Waals surface area contributed by atoms with Crippen molar-refractivity contribution >= 4 is 11.6 Å². The number of hydrogen-bond donors (Lipinski definition) is 0. The second-order valence-electron chi connectivity index (χ2n) is 4.59. The summed E-state index contributed by atoms with van der Waals surface area (Å²) in [5.74, 6) is 0. The van der Waals surface area contributed by atoms with Crippen molar-refractivity contribution in [2.45, 2.75) is 19.5 Å². The maximum Gasteiger partial charge on any atom is 0.369 e. The van der Waals surface area contributed by atoms with Gasteiger partial charge in [0.15, 0.2) is 0 Å². The molecular formula is C12H14ClN5O. The highest BCUT2D eigenvalue weighted by Crippen LogP contribution is 2.16. The fourth-order valence-electron chi connectivity index (χ4n) is 2.25. The Morgan fingerprint density at radius 2 is 1.89 bits per heavy atom. The maximum absolute atomic E-state index is 12.2. The van der Waals surface area contributed by atoms with Gasteiger partial charge in [-0.15, -0.1) is 0 Å². The van der Waals surface area contributed by atoms with E-state index in [1.165, 1.54) is 22.2 Å². The van der Waals surface area contributed by atoms with Crippen molar-refractivity contribution in [3.63, 3.8) is 0 Å². The maximum atomic E-state index is 12.2. The van der Waals surface area contributed by atoms with E-state index in [1.807, 2.05) is 12.1 Å². The number of rotatable bonds is 3. The van der Waals surface area contributed by atoms with Crippen molar-refractivity contribution in [2.24, 2.45) is 0 Å². The van der Waals surface area contributed by atoms with Gasteiger partial charge in [0.1, 0.15) is 6.67 Å². The topological polar surface area (TPSA) is 56.0 Å². The van der Waals surface area contributed by atoms with E-state index in [1.54, 1.807) is 12.1 Å². The number of aromatic nitrogens is 4. The van der Waals surface area contributed by atoms with E-state index in [9.17, 15) is 4.79 Å². The fourth-order valence-corrected chi connectivity index (χ4v) is 2.47. The quantitative estimate of drug-likeness (QED) is 0.845. The highest BCUT2D eigenvalue weighted by atomic mass is 35.5. The Bertz CT molecular complexity index is 629. The number of tetrazole rings is 1. The smallest absolute Gasteiger partial charge is 0.284 e. The lowest BCUT2D eigenvalue weighted by molar-refractivity contribution is 0.248. The Kier molecular flexibility index (Phi) is 3.35. The summed E-state index contributed by atoms with van der Waals surface area (Å²) in [6.07, 6.45) is 2.35. The van der Waals surface area contributed by atoms with Gasteiger partial charge in [0, 0.05) is 0 Å². The van der Waals surface area contributed by atoms with Crippen LogP contribution in [0.15, 0.2) is 29.1 Å². The van der Waals surface area contributed by atoms with Crippen LogP contribution in [0.25, 0.3) is 5.69 Å². The second kappa shape index (κ2) is 5.14. The molecule has 0 atom stereocenters. The lowest BCUT2D eigenvalue weighted by Crippen LogP contribution is -2.32. The van der Waals surface area contributed by atoms with Crippen LogP contribution in [-0.4, -0.2) is 37.8 Å². The predicted molar refractivity (Wildman–Crippen MR) is 71.4 cm³/mol. The van der Waals surface area contributed by atoms with Gasteiger partial charge in [-0.1, -0.05) is 23.7 Å². The van der Waals surface area contributed by atoms with Gasteiger partial charge in [0.2, 0.25) is 0 Å². The van der Waals surface area contributed by atoms with Crippen LogP contribution in [0, 0.1) is 0 Å². The van der Waals surface area contributed by atoms with E-state index in [2.05, 4.69) is 15.3 Å². The van der Waals surface area contributed by atoms with Gasteiger partial charge in [-0.05, 0) is 48.5 Å². The van der Waals surface area contributed by atoms with Gasteiger partial charge in [-0.25, -0.2) is 4.79 Å². The third-order valence-electron chi connectivity index (χ3n) is 3.25. The SMILES string of the molecule is O=c1n(CN2CCCC2)nnn1-c1ccccc1Cl. The predicted octanol–water partition coefficient (Wildman–Crippen LogP) is 1.14. The minimum absolute atomic E-state index is 0.264. The van der Waals surface area contributed by atoms with Crippen molar-refractivity contribution in [1.82, 2.24) is 24.7 Å². The Labute approximate surface area is 115 Å². The Morgan fingerprint density at radius 1 is 1.16 bits per heavy atom. The number of likely N-dealkylation sites (tertiary alicyclic amines) is 1. The van der Waals surface area contributed by atoms with Crippen LogP contribution in [-0.2, 0) is 6.67 Å². The second-order valence-corrected chi connectivity index (χ2v) is 5.00. The zero-order valence-electron chi connectivity index (χ0n) is 10.4. The molecule has 1 aromatic carbocycles. The molecular weight excluding hydrogens is 266 g/mol. The summed E-state index contributed by atoms with van der Waals surface area (Å²) in [6.45, 7) is 2.50. The number of benzene rings is 1. The third kappa shape index (κ3) is 2.41. The Hall–Kier alpha value is -1.66. The Balaban J connectivity index is 1.90. The largest absolute Gasteiger partial charge is 0.369 e. The van der Waals surface area contributed by atoms with Gasteiger partial charge < -0.3 is 0 Å². The van der Waals surface area contributed by atoms with Crippen molar-refractivity contribution in [1.29, 1.82) is 0 Å². The standard InChI is InChI=1S/C12H14ClN5O/c13-10-5-1-2-6-11(10)18-12(19)17(14-15-18)9-16-7-3-4-8-16/h1-2,5-6H,3-4,7-9H2. The summed E-state index contributed by atoms with van der Waals surface area (Å²) in [5.41, 5.74) is 0.293. The summed E-state index contributed by atoms with van der Waals surface area (Å²) >= 11 is 6.06. The molecule has 0 aliphatic carbocycles. The van der Waals surface area contributed by atoms with Crippen LogP contribution in [0.3, 0.4) is 0 Å². The van der Waals surface area contributed by atoms with Crippen molar-refractivity contribution < 1.29 is 0 Å². The first-order valence-corrected chi connectivity index (χ1v) is 6.63. The normalized spacial score (nSPS) is 16.1. The highest BCUT2D eigenvalue weighted by molar-refractivity contribution is 6.32. The summed E-state index contributed by atoms with van der Waals surface area (Å²) in [5, 5.41) is 8.29. The van der Waals surface area contributed by atoms with Crippen LogP contribution in [0.5, 0.6) is 0 Å². The van der Waals surface area contributed by atoms with Crippen molar-refractivity contribution in [3.05, 3.63) is 39.8 Å². The molecule has 0 bridgehead atoms. The van der Waals surface area contributed by atoms with Crippen LogP contribution in [0.1, 0.15) is 12.8 Å². The molecule has 1 aliphatic rings. The lowest BCUT2D eigenvalue weighted by Gasteiger charge is -2.12. The molecule has 1 aliphatic heterocycles. The summed E-state index contributed by atoms with van der Waals surface area (Å²) in [7, 11) is 0. The monoisotopic (exact) mass is 279 g/mol. The van der Waals surface area contributed by atoms with Crippen LogP contribution in [0.4, 0.5) is 0 Å². The number of para-hydroxylation sites is 1. The minimum Gasteiger partial charge on any atom is -0.284 e. The summed E-state index contributed by atoms with van der Waals surface area (Å²) < 4.78 is 2.60. The van der Waals surface area contributed by atoms with E-state index < -0.39 is 0 Å². The molecule has 0 saturated carbocycles. The molecule has 0 radical (unpaired) electrons. The zero-order valence-corrected chi connectivity index (χ0v) is 11.1. The van der Waals surface area contributed by atoms with Crippen LogP contribution < -0.4 is 5.69 Å². The Morgan fingerprint density at radius 3 is 2.63 bits per heavy atom. The van der Waals surface area contributed by atoms with E-state index >= 15 is 0 Å². The van der Waals surface area contributed by atoms with Gasteiger partial charge >= 0.3 is 5.69 Å². The zero-order chi connectivity index (χ0) is 13.2. The first-order chi connectivity index (χ1) is 9.25. The molecule has 0 unspecified atom stereocenters. The van der Waals surface area contributed by atoms with Crippen molar-refractivity contribution in [3.8, 4) is 5.69 Å². The first kappa shape index (κ1) is 12.4. The molecule has 1 saturated heterocycles. The summed E-state index contributed by atoms with van der Waals surface area (Å²) in [4.78, 5) is 14.4. The van der Waals surface area contributed by atoms with E-state index in [0.29, 0.717) is 17.4 Å². The fraction of sp³-hybridized carbons (Fsp3) is 0.417. The average Bonchev–Trinajstić information content (AvgIpc) is 3.03. The molecule has 0 amide bonds. The average molecular weight is 280 g/mol. The van der Waals surface area contributed by atoms with Gasteiger partial charge in [-0.2, -0.15) is 9.36 Å². The third-order valence-corrected chi connectivity index (χ3v) is 3.57. The summed E-state index contributed by atoms with van der Waals surface area (Å²) in [6, 6.07) is 7.10. The molecule has 0 spiro atoms. The molecule has 2 aromatic rings. The van der Waals surface area contributed by atoms with E-state index in [0.717, 1.165) is 13.1 Å². The first-order valence-electron chi connectivity index (χ1n) is 6.26. The van der Waals surface area contributed by atoms with Crippen LogP contribution in [0.2, 0.25) is 5.02 Å². The molecule has 19 heavy (non-hydrogen) atoms. The van der Waals surface area contributed by atoms with Gasteiger partial charge in [0.25, 0.3) is 0 Å². The molecule has 1 aromatic heterocycles.